The summed E-state index contributed by atoms with van der Waals surface area (Å²) in [4.78, 5) is 11.8. The fourth-order valence-corrected chi connectivity index (χ4v) is 2.98. The van der Waals surface area contributed by atoms with Crippen LogP contribution in [-0.4, -0.2) is 23.8 Å². The van der Waals surface area contributed by atoms with Crippen molar-refractivity contribution in [2.45, 2.75) is 78.0 Å². The van der Waals surface area contributed by atoms with Crippen molar-refractivity contribution in [3.63, 3.8) is 0 Å². The van der Waals surface area contributed by atoms with Crippen molar-refractivity contribution in [1.82, 2.24) is 5.32 Å². The molecule has 2 rings (SSSR count). The molecular weight excluding hydrogens is 288 g/mol. The van der Waals surface area contributed by atoms with Crippen LogP contribution in [0.1, 0.15) is 57.6 Å². The molecule has 0 aliphatic heterocycles. The summed E-state index contributed by atoms with van der Waals surface area (Å²) < 4.78 is 5.33. The third-order valence-electron chi connectivity index (χ3n) is 4.41. The summed E-state index contributed by atoms with van der Waals surface area (Å²) in [7, 11) is 0. The van der Waals surface area contributed by atoms with Gasteiger partial charge in [0.2, 0.25) is 0 Å². The highest BCUT2D eigenvalue weighted by Gasteiger charge is 2.24. The fraction of sp³-hybridized carbons (Fsp3) is 0.632. The Morgan fingerprint density at radius 1 is 1.09 bits per heavy atom. The predicted octanol–water partition coefficient (Wildman–Crippen LogP) is 4.55. The lowest BCUT2D eigenvalue weighted by atomic mass is 9.91. The summed E-state index contributed by atoms with van der Waals surface area (Å²) in [6.07, 6.45) is 3.80. The van der Waals surface area contributed by atoms with Crippen LogP contribution in [0.2, 0.25) is 0 Å². The van der Waals surface area contributed by atoms with E-state index in [1.807, 2.05) is 20.8 Å². The second-order valence-corrected chi connectivity index (χ2v) is 7.59. The minimum atomic E-state index is -0.439. The second-order valence-electron chi connectivity index (χ2n) is 7.59. The number of aryl methyl sites for hydroxylation is 1. The van der Waals surface area contributed by atoms with Gasteiger partial charge in [-0.1, -0.05) is 12.1 Å². The number of ether oxygens (including phenoxy) is 1. The highest BCUT2D eigenvalue weighted by Crippen LogP contribution is 2.25. The zero-order chi connectivity index (χ0) is 17.0. The van der Waals surface area contributed by atoms with Crippen LogP contribution < -0.4 is 10.6 Å². The highest BCUT2D eigenvalue weighted by atomic mass is 16.6. The number of carbonyl (C=O) groups is 1. The van der Waals surface area contributed by atoms with Crippen LogP contribution in [0.5, 0.6) is 0 Å². The fourth-order valence-electron chi connectivity index (χ4n) is 2.98. The first-order chi connectivity index (χ1) is 10.7. The molecule has 1 saturated carbocycles. The summed E-state index contributed by atoms with van der Waals surface area (Å²) in [5.74, 6) is 0. The van der Waals surface area contributed by atoms with E-state index >= 15 is 0 Å². The van der Waals surface area contributed by atoms with E-state index in [1.165, 1.54) is 16.8 Å². The Morgan fingerprint density at radius 2 is 1.70 bits per heavy atom. The average Bonchev–Trinajstić information content (AvgIpc) is 2.44. The van der Waals surface area contributed by atoms with Crippen LogP contribution in [0.25, 0.3) is 0 Å². The molecule has 0 aromatic heterocycles. The number of alkyl carbamates (subject to hydrolysis) is 1. The van der Waals surface area contributed by atoms with E-state index < -0.39 is 5.60 Å². The first-order valence-corrected chi connectivity index (χ1v) is 8.57. The van der Waals surface area contributed by atoms with Gasteiger partial charge in [0.05, 0.1) is 0 Å². The predicted molar refractivity (Wildman–Crippen MR) is 95.0 cm³/mol. The summed E-state index contributed by atoms with van der Waals surface area (Å²) in [6.45, 7) is 9.96. The van der Waals surface area contributed by atoms with Gasteiger partial charge in [-0.2, -0.15) is 0 Å². The van der Waals surface area contributed by atoms with Crippen molar-refractivity contribution in [2.75, 3.05) is 5.32 Å². The van der Waals surface area contributed by atoms with Gasteiger partial charge in [0, 0.05) is 17.8 Å². The largest absolute Gasteiger partial charge is 0.444 e. The van der Waals surface area contributed by atoms with Crippen LogP contribution in [0.15, 0.2) is 18.2 Å². The minimum absolute atomic E-state index is 0.224. The SMILES string of the molecule is Cc1cccc(NC2CCC(NC(=O)OC(C)(C)C)CC2)c1C. The Hall–Kier alpha value is -1.71. The van der Waals surface area contributed by atoms with Gasteiger partial charge in [-0.3, -0.25) is 0 Å². The van der Waals surface area contributed by atoms with Crippen LogP contribution in [0.4, 0.5) is 10.5 Å². The molecule has 0 unspecified atom stereocenters. The van der Waals surface area contributed by atoms with E-state index in [9.17, 15) is 4.79 Å². The second kappa shape index (κ2) is 7.24. The molecule has 0 atom stereocenters. The maximum Gasteiger partial charge on any atom is 0.407 e. The smallest absolute Gasteiger partial charge is 0.407 e. The molecule has 1 fully saturated rings. The zero-order valence-electron chi connectivity index (χ0n) is 15.0. The molecule has 128 valence electrons. The van der Waals surface area contributed by atoms with Crippen LogP contribution >= 0.6 is 0 Å². The molecule has 0 saturated heterocycles. The molecule has 0 radical (unpaired) electrons. The van der Waals surface area contributed by atoms with Crippen molar-refractivity contribution in [2.24, 2.45) is 0 Å². The molecule has 1 aromatic rings. The quantitative estimate of drug-likeness (QED) is 0.859. The summed E-state index contributed by atoms with van der Waals surface area (Å²) >= 11 is 0. The Bertz CT molecular complexity index is 541. The van der Waals surface area contributed by atoms with Gasteiger partial charge in [0.25, 0.3) is 0 Å². The van der Waals surface area contributed by atoms with Crippen molar-refractivity contribution in [3.8, 4) is 0 Å². The van der Waals surface area contributed by atoms with Crippen molar-refractivity contribution >= 4 is 11.8 Å². The van der Waals surface area contributed by atoms with Gasteiger partial charge in [-0.25, -0.2) is 4.79 Å². The molecule has 0 bridgehead atoms. The maximum atomic E-state index is 11.8. The van der Waals surface area contributed by atoms with Crippen LogP contribution in [0.3, 0.4) is 0 Å². The van der Waals surface area contributed by atoms with Crippen LogP contribution in [0, 0.1) is 13.8 Å². The molecule has 0 spiro atoms. The summed E-state index contributed by atoms with van der Waals surface area (Å²) in [5.41, 5.74) is 3.43. The monoisotopic (exact) mass is 318 g/mol. The number of rotatable bonds is 3. The van der Waals surface area contributed by atoms with Crippen molar-refractivity contribution in [3.05, 3.63) is 29.3 Å². The number of anilines is 1. The van der Waals surface area contributed by atoms with E-state index in [0.717, 1.165) is 25.7 Å². The molecule has 1 aliphatic rings. The summed E-state index contributed by atoms with van der Waals surface area (Å²) in [6, 6.07) is 7.09. The minimum Gasteiger partial charge on any atom is -0.444 e. The third kappa shape index (κ3) is 5.45. The number of benzene rings is 1. The number of hydrogen-bond donors (Lipinski definition) is 2. The average molecular weight is 318 g/mol. The number of hydrogen-bond acceptors (Lipinski definition) is 3. The van der Waals surface area contributed by atoms with Gasteiger partial charge in [0.1, 0.15) is 5.60 Å². The zero-order valence-corrected chi connectivity index (χ0v) is 15.0. The molecule has 1 aromatic carbocycles. The molecule has 1 aliphatic carbocycles. The summed E-state index contributed by atoms with van der Waals surface area (Å²) in [5, 5.41) is 6.65. The Kier molecular flexibility index (Phi) is 5.55. The van der Waals surface area contributed by atoms with E-state index in [2.05, 4.69) is 42.7 Å². The first kappa shape index (κ1) is 17.6. The Morgan fingerprint density at radius 3 is 2.30 bits per heavy atom. The van der Waals surface area contributed by atoms with Gasteiger partial charge >= 0.3 is 6.09 Å². The normalized spacial score (nSPS) is 21.6. The van der Waals surface area contributed by atoms with Gasteiger partial charge < -0.3 is 15.4 Å². The molecule has 4 heteroatoms. The number of carbonyl (C=O) groups excluding carboxylic acids is 1. The lowest BCUT2D eigenvalue weighted by molar-refractivity contribution is 0.0492. The van der Waals surface area contributed by atoms with E-state index in [-0.39, 0.29) is 12.1 Å². The molecule has 1 amide bonds. The molecule has 23 heavy (non-hydrogen) atoms. The lowest BCUT2D eigenvalue weighted by Crippen LogP contribution is -2.42. The van der Waals surface area contributed by atoms with E-state index in [1.54, 1.807) is 0 Å². The van der Waals surface area contributed by atoms with E-state index in [0.29, 0.717) is 6.04 Å². The number of nitrogens with one attached hydrogen (secondary N) is 2. The van der Waals surface area contributed by atoms with Gasteiger partial charge in [-0.05, 0) is 77.5 Å². The van der Waals surface area contributed by atoms with Gasteiger partial charge in [-0.15, -0.1) is 0 Å². The number of amides is 1. The van der Waals surface area contributed by atoms with Crippen molar-refractivity contribution in [1.29, 1.82) is 0 Å². The topological polar surface area (TPSA) is 50.4 Å². The standard InChI is InChI=1S/C19H30N2O2/c1-13-7-6-8-17(14(13)2)20-15-9-11-16(12-10-15)21-18(22)23-19(3,4)5/h6-8,15-16,20H,9-12H2,1-5H3,(H,21,22). The molecular formula is C19H30N2O2. The first-order valence-electron chi connectivity index (χ1n) is 8.57. The van der Waals surface area contributed by atoms with Gasteiger partial charge in [0.15, 0.2) is 0 Å². The lowest BCUT2D eigenvalue weighted by Gasteiger charge is -2.31. The molecule has 2 N–H and O–H groups in total. The van der Waals surface area contributed by atoms with E-state index in [4.69, 9.17) is 4.74 Å². The van der Waals surface area contributed by atoms with Crippen molar-refractivity contribution < 1.29 is 9.53 Å². The Labute approximate surface area is 140 Å². The third-order valence-corrected chi connectivity index (χ3v) is 4.41. The maximum absolute atomic E-state index is 11.8. The molecule has 4 nitrogen and oxygen atoms in total. The van der Waals surface area contributed by atoms with Crippen LogP contribution in [-0.2, 0) is 4.74 Å². The highest BCUT2D eigenvalue weighted by molar-refractivity contribution is 5.68. The molecule has 0 heterocycles. The Balaban J connectivity index is 1.80.